The lowest BCUT2D eigenvalue weighted by Gasteiger charge is -2.31. The Bertz CT molecular complexity index is 1480. The first kappa shape index (κ1) is 29.0. The van der Waals surface area contributed by atoms with Crippen molar-refractivity contribution in [3.8, 4) is 11.4 Å². The van der Waals surface area contributed by atoms with Gasteiger partial charge in [-0.05, 0) is 81.5 Å². The summed E-state index contributed by atoms with van der Waals surface area (Å²) in [7, 11) is 3.90. The summed E-state index contributed by atoms with van der Waals surface area (Å²) in [6.45, 7) is 5.74. The number of benzene rings is 3. The maximum Gasteiger partial charge on any atom is 0.266 e. The Balaban J connectivity index is 1.70. The normalized spacial score (nSPS) is 12.1. The van der Waals surface area contributed by atoms with Crippen LogP contribution in [0, 0.1) is 5.82 Å². The van der Waals surface area contributed by atoms with Gasteiger partial charge < -0.3 is 14.5 Å². The lowest BCUT2D eigenvalue weighted by atomic mass is 10.1. The Morgan fingerprint density at radius 2 is 1.70 bits per heavy atom. The number of nitrogens with zero attached hydrogens (tertiary/aromatic N) is 4. The highest BCUT2D eigenvalue weighted by molar-refractivity contribution is 5.80. The number of carbonyl (C=O) groups is 1. The first-order valence-corrected chi connectivity index (χ1v) is 13.7. The van der Waals surface area contributed by atoms with E-state index >= 15 is 0 Å². The van der Waals surface area contributed by atoms with Crippen molar-refractivity contribution in [2.45, 2.75) is 39.2 Å². The second-order valence-electron chi connectivity index (χ2n) is 10.2. The minimum Gasteiger partial charge on any atom is -0.494 e. The van der Waals surface area contributed by atoms with Crippen molar-refractivity contribution in [3.05, 3.63) is 100 Å². The number of likely N-dealkylation sites (N-methyl/N-ethyl adjacent to an activating group) is 1. The van der Waals surface area contributed by atoms with Gasteiger partial charge in [0.25, 0.3) is 5.56 Å². The summed E-state index contributed by atoms with van der Waals surface area (Å²) in [5.74, 6) is 0.722. The van der Waals surface area contributed by atoms with Gasteiger partial charge in [0.15, 0.2) is 0 Å². The molecule has 1 atom stereocenters. The van der Waals surface area contributed by atoms with Crippen molar-refractivity contribution >= 4 is 16.8 Å². The van der Waals surface area contributed by atoms with Crippen molar-refractivity contribution in [1.29, 1.82) is 0 Å². The highest BCUT2D eigenvalue weighted by Crippen LogP contribution is 2.24. The van der Waals surface area contributed by atoms with Gasteiger partial charge in [0.05, 0.1) is 35.7 Å². The molecule has 0 saturated heterocycles. The molecule has 7 nitrogen and oxygen atoms in total. The minimum atomic E-state index is -0.536. The van der Waals surface area contributed by atoms with E-state index in [4.69, 9.17) is 9.72 Å². The van der Waals surface area contributed by atoms with Gasteiger partial charge >= 0.3 is 0 Å². The number of fused-ring (bicyclic) bond motifs is 1. The predicted molar refractivity (Wildman–Crippen MR) is 157 cm³/mol. The molecule has 0 spiro atoms. The van der Waals surface area contributed by atoms with Gasteiger partial charge in [0.2, 0.25) is 5.91 Å². The second-order valence-corrected chi connectivity index (χ2v) is 10.2. The molecule has 0 bridgehead atoms. The molecule has 8 heteroatoms. The van der Waals surface area contributed by atoms with Crippen LogP contribution in [0.4, 0.5) is 4.39 Å². The molecule has 0 radical (unpaired) electrons. The molecule has 0 aliphatic carbocycles. The fraction of sp³-hybridized carbons (Fsp3) is 0.344. The summed E-state index contributed by atoms with van der Waals surface area (Å²) in [6.07, 6.45) is 2.25. The van der Waals surface area contributed by atoms with E-state index in [1.165, 1.54) is 16.7 Å². The number of halogens is 1. The van der Waals surface area contributed by atoms with Crippen LogP contribution in [0.3, 0.4) is 0 Å². The molecular weight excluding hydrogens is 507 g/mol. The Hall–Kier alpha value is -4.04. The number of rotatable bonds is 12. The molecule has 4 rings (SSSR count). The molecule has 1 unspecified atom stereocenters. The van der Waals surface area contributed by atoms with Gasteiger partial charge in [-0.25, -0.2) is 9.37 Å². The zero-order valence-corrected chi connectivity index (χ0v) is 23.6. The van der Waals surface area contributed by atoms with Gasteiger partial charge in [0, 0.05) is 13.1 Å². The molecule has 0 fully saturated rings. The van der Waals surface area contributed by atoms with Crippen LogP contribution in [0.5, 0.6) is 5.75 Å². The molecule has 0 aliphatic heterocycles. The molecule has 1 amide bonds. The molecule has 0 N–H and O–H groups in total. The molecule has 4 aromatic rings. The van der Waals surface area contributed by atoms with E-state index in [0.717, 1.165) is 24.2 Å². The third kappa shape index (κ3) is 6.93. The third-order valence-corrected chi connectivity index (χ3v) is 6.88. The fourth-order valence-electron chi connectivity index (χ4n) is 4.57. The van der Waals surface area contributed by atoms with Gasteiger partial charge in [0.1, 0.15) is 17.4 Å². The largest absolute Gasteiger partial charge is 0.494 e. The highest BCUT2D eigenvalue weighted by Gasteiger charge is 2.27. The quantitative estimate of drug-likeness (QED) is 0.224. The first-order valence-electron chi connectivity index (χ1n) is 13.7. The van der Waals surface area contributed by atoms with Crippen molar-refractivity contribution in [2.75, 3.05) is 33.8 Å². The summed E-state index contributed by atoms with van der Waals surface area (Å²) >= 11 is 0. The molecule has 210 valence electrons. The Labute approximate surface area is 234 Å². The molecule has 1 aromatic heterocycles. The average molecular weight is 545 g/mol. The smallest absolute Gasteiger partial charge is 0.266 e. The number of para-hydroxylation sites is 1. The van der Waals surface area contributed by atoms with Gasteiger partial charge in [-0.1, -0.05) is 37.6 Å². The molecule has 0 saturated carbocycles. The average Bonchev–Trinajstić information content (AvgIpc) is 2.94. The van der Waals surface area contributed by atoms with E-state index in [0.29, 0.717) is 42.1 Å². The number of hydrogen-bond donors (Lipinski definition) is 0. The summed E-state index contributed by atoms with van der Waals surface area (Å²) in [6, 6.07) is 19.9. The number of aromatic nitrogens is 2. The second kappa shape index (κ2) is 13.3. The van der Waals surface area contributed by atoms with Gasteiger partial charge in [-0.3, -0.25) is 14.2 Å². The summed E-state index contributed by atoms with van der Waals surface area (Å²) < 4.78 is 21.0. The maximum atomic E-state index is 13.8. The maximum absolute atomic E-state index is 13.8. The Morgan fingerprint density at radius 3 is 2.38 bits per heavy atom. The van der Waals surface area contributed by atoms with Gasteiger partial charge in [-0.2, -0.15) is 0 Å². The summed E-state index contributed by atoms with van der Waals surface area (Å²) in [5, 5.41) is 0.454. The predicted octanol–water partition coefficient (Wildman–Crippen LogP) is 5.40. The van der Waals surface area contributed by atoms with E-state index in [1.54, 1.807) is 35.2 Å². The lowest BCUT2D eigenvalue weighted by molar-refractivity contribution is -0.133. The van der Waals surface area contributed by atoms with Crippen LogP contribution in [0.1, 0.15) is 44.1 Å². The molecule has 3 aromatic carbocycles. The summed E-state index contributed by atoms with van der Waals surface area (Å²) in [4.78, 5) is 36.1. The Morgan fingerprint density at radius 1 is 1.00 bits per heavy atom. The highest BCUT2D eigenvalue weighted by atomic mass is 19.1. The molecule has 1 heterocycles. The lowest BCUT2D eigenvalue weighted by Crippen LogP contribution is -2.41. The number of ether oxygens (including phenoxy) is 1. The van der Waals surface area contributed by atoms with Gasteiger partial charge in [-0.15, -0.1) is 0 Å². The van der Waals surface area contributed by atoms with Crippen LogP contribution in [0.25, 0.3) is 16.6 Å². The van der Waals surface area contributed by atoms with Crippen LogP contribution in [-0.2, 0) is 11.2 Å². The minimum absolute atomic E-state index is 0.0814. The fourth-order valence-corrected chi connectivity index (χ4v) is 4.57. The monoisotopic (exact) mass is 544 g/mol. The number of hydrogen-bond acceptors (Lipinski definition) is 5. The molecule has 0 aliphatic rings. The van der Waals surface area contributed by atoms with Crippen LogP contribution < -0.4 is 10.3 Å². The third-order valence-electron chi connectivity index (χ3n) is 6.88. The van der Waals surface area contributed by atoms with Crippen molar-refractivity contribution < 1.29 is 13.9 Å². The van der Waals surface area contributed by atoms with Crippen LogP contribution in [0.2, 0.25) is 0 Å². The zero-order chi connectivity index (χ0) is 28.6. The van der Waals surface area contributed by atoms with Crippen LogP contribution in [-0.4, -0.2) is 59.0 Å². The molecule has 40 heavy (non-hydrogen) atoms. The van der Waals surface area contributed by atoms with E-state index < -0.39 is 11.9 Å². The van der Waals surface area contributed by atoms with E-state index in [1.807, 2.05) is 56.3 Å². The molecular formula is C32H37FN4O3. The van der Waals surface area contributed by atoms with Crippen LogP contribution >= 0.6 is 0 Å². The zero-order valence-electron chi connectivity index (χ0n) is 23.6. The van der Waals surface area contributed by atoms with Crippen molar-refractivity contribution in [2.24, 2.45) is 0 Å². The van der Waals surface area contributed by atoms with Crippen LogP contribution in [0.15, 0.2) is 77.6 Å². The van der Waals surface area contributed by atoms with E-state index in [9.17, 15) is 14.0 Å². The van der Waals surface area contributed by atoms with Crippen molar-refractivity contribution in [1.82, 2.24) is 19.4 Å². The number of amides is 1. The SMILES string of the molecule is CCCCOc1ccc(CC(=O)N(CCN(C)C)C(C)c2nc3ccccc3c(=O)n2-c2ccc(F)cc2)cc1. The van der Waals surface area contributed by atoms with E-state index in [2.05, 4.69) is 6.92 Å². The number of unbranched alkanes of at least 4 members (excludes halogenated alkanes) is 1. The van der Waals surface area contributed by atoms with E-state index in [-0.39, 0.29) is 17.9 Å². The number of carbonyl (C=O) groups excluding carboxylic acids is 1. The van der Waals surface area contributed by atoms with Crippen molar-refractivity contribution in [3.63, 3.8) is 0 Å². The topological polar surface area (TPSA) is 67.7 Å². The Kier molecular flexibility index (Phi) is 9.66. The summed E-state index contributed by atoms with van der Waals surface area (Å²) in [5.41, 5.74) is 1.64. The first-order chi connectivity index (χ1) is 19.3. The standard InChI is InChI=1S/C32H37FN4O3/c1-5-6-21-40-27-17-11-24(12-18-27)22-30(38)36(20-19-35(3)4)23(2)31-34-29-10-8-7-9-28(29)32(39)37(31)26-15-13-25(33)14-16-26/h7-18,23H,5-6,19-22H2,1-4H3.